The van der Waals surface area contributed by atoms with Crippen LogP contribution in [-0.4, -0.2) is 17.1 Å². The van der Waals surface area contributed by atoms with Crippen LogP contribution in [0.4, 0.5) is 0 Å². The van der Waals surface area contributed by atoms with Gasteiger partial charge >= 0.3 is 0 Å². The molecule has 1 aromatic rings. The Morgan fingerprint density at radius 2 is 1.95 bits per heavy atom. The van der Waals surface area contributed by atoms with Crippen LogP contribution in [0.2, 0.25) is 0 Å². The summed E-state index contributed by atoms with van der Waals surface area (Å²) in [6.07, 6.45) is 5.58. The van der Waals surface area contributed by atoms with E-state index in [2.05, 4.69) is 37.1 Å². The van der Waals surface area contributed by atoms with Crippen LogP contribution >= 0.6 is 0 Å². The highest BCUT2D eigenvalue weighted by molar-refractivity contribution is 5.25. The third-order valence-corrected chi connectivity index (χ3v) is 3.66. The van der Waals surface area contributed by atoms with Crippen molar-refractivity contribution in [3.05, 3.63) is 23.9 Å². The third kappa shape index (κ3) is 5.91. The first kappa shape index (κ1) is 17.0. The zero-order valence-electron chi connectivity index (χ0n) is 13.6. The van der Waals surface area contributed by atoms with Gasteiger partial charge < -0.3 is 10.1 Å². The highest BCUT2D eigenvalue weighted by atomic mass is 16.5. The molecule has 1 heterocycles. The molecular weight excluding hydrogens is 248 g/mol. The number of rotatable bonds is 9. The normalized spacial score (nSPS) is 14.3. The number of pyridine rings is 1. The minimum absolute atomic E-state index is 0.158. The highest BCUT2D eigenvalue weighted by Crippen LogP contribution is 2.17. The van der Waals surface area contributed by atoms with Gasteiger partial charge in [-0.15, -0.1) is 0 Å². The Morgan fingerprint density at radius 3 is 2.55 bits per heavy atom. The highest BCUT2D eigenvalue weighted by Gasteiger charge is 2.12. The number of aromatic nitrogens is 1. The second kappa shape index (κ2) is 8.96. The smallest absolute Gasteiger partial charge is 0.218 e. The van der Waals surface area contributed by atoms with E-state index in [9.17, 15) is 0 Å². The number of hydrogen-bond acceptors (Lipinski definition) is 3. The van der Waals surface area contributed by atoms with Gasteiger partial charge in [-0.25, -0.2) is 4.98 Å². The first-order chi connectivity index (χ1) is 9.56. The quantitative estimate of drug-likeness (QED) is 0.736. The van der Waals surface area contributed by atoms with Gasteiger partial charge in [0.25, 0.3) is 0 Å². The molecule has 0 spiro atoms. The monoisotopic (exact) mass is 278 g/mol. The van der Waals surface area contributed by atoms with E-state index in [1.54, 1.807) is 6.20 Å². The SMILES string of the molecule is CCC(C)CC(CC)NCc1cccnc1OC(C)C. The summed E-state index contributed by atoms with van der Waals surface area (Å²) in [7, 11) is 0. The maximum atomic E-state index is 5.76. The maximum absolute atomic E-state index is 5.76. The molecule has 0 aromatic carbocycles. The van der Waals surface area contributed by atoms with Crippen LogP contribution in [0.3, 0.4) is 0 Å². The summed E-state index contributed by atoms with van der Waals surface area (Å²) < 4.78 is 5.76. The van der Waals surface area contributed by atoms with Gasteiger partial charge in [0.2, 0.25) is 5.88 Å². The summed E-state index contributed by atoms with van der Waals surface area (Å²) in [6, 6.07) is 4.63. The van der Waals surface area contributed by atoms with Crippen molar-refractivity contribution in [3.63, 3.8) is 0 Å². The predicted molar refractivity (Wildman–Crippen MR) is 85.0 cm³/mol. The molecule has 0 saturated heterocycles. The van der Waals surface area contributed by atoms with Gasteiger partial charge in [-0.05, 0) is 38.7 Å². The molecule has 2 unspecified atom stereocenters. The van der Waals surface area contributed by atoms with Crippen molar-refractivity contribution in [1.82, 2.24) is 10.3 Å². The number of nitrogens with one attached hydrogen (secondary N) is 1. The van der Waals surface area contributed by atoms with Crippen molar-refractivity contribution < 1.29 is 4.74 Å². The van der Waals surface area contributed by atoms with Gasteiger partial charge in [-0.1, -0.05) is 33.3 Å². The summed E-state index contributed by atoms with van der Waals surface area (Å²) in [5, 5.41) is 3.64. The standard InChI is InChI=1S/C17H30N2O/c1-6-14(5)11-16(7-2)19-12-15-9-8-10-18-17(15)20-13(3)4/h8-10,13-14,16,19H,6-7,11-12H2,1-5H3. The maximum Gasteiger partial charge on any atom is 0.218 e. The van der Waals surface area contributed by atoms with E-state index in [-0.39, 0.29) is 6.10 Å². The van der Waals surface area contributed by atoms with Gasteiger partial charge in [-0.3, -0.25) is 0 Å². The molecule has 0 aliphatic rings. The van der Waals surface area contributed by atoms with Crippen LogP contribution in [-0.2, 0) is 6.54 Å². The minimum Gasteiger partial charge on any atom is -0.475 e. The average molecular weight is 278 g/mol. The lowest BCUT2D eigenvalue weighted by atomic mass is 9.97. The van der Waals surface area contributed by atoms with Crippen LogP contribution in [0, 0.1) is 5.92 Å². The van der Waals surface area contributed by atoms with Gasteiger partial charge in [0.1, 0.15) is 0 Å². The summed E-state index contributed by atoms with van der Waals surface area (Å²) in [5.41, 5.74) is 1.14. The van der Waals surface area contributed by atoms with Gasteiger partial charge in [-0.2, -0.15) is 0 Å². The van der Waals surface area contributed by atoms with Crippen molar-refractivity contribution in [2.45, 2.75) is 72.6 Å². The zero-order chi connectivity index (χ0) is 15.0. The van der Waals surface area contributed by atoms with E-state index in [1.807, 2.05) is 19.9 Å². The Bertz CT molecular complexity index is 379. The molecule has 20 heavy (non-hydrogen) atoms. The largest absolute Gasteiger partial charge is 0.475 e. The third-order valence-electron chi connectivity index (χ3n) is 3.66. The molecule has 1 aromatic heterocycles. The lowest BCUT2D eigenvalue weighted by Gasteiger charge is -2.21. The Hall–Kier alpha value is -1.09. The van der Waals surface area contributed by atoms with Gasteiger partial charge in [0, 0.05) is 24.3 Å². The van der Waals surface area contributed by atoms with Crippen molar-refractivity contribution in [3.8, 4) is 5.88 Å². The molecule has 1 rings (SSSR count). The van der Waals surface area contributed by atoms with Crippen molar-refractivity contribution in [1.29, 1.82) is 0 Å². The predicted octanol–water partition coefficient (Wildman–Crippen LogP) is 4.17. The fourth-order valence-electron chi connectivity index (χ4n) is 2.19. The Morgan fingerprint density at radius 1 is 1.20 bits per heavy atom. The molecule has 2 atom stereocenters. The molecule has 0 saturated carbocycles. The second-order valence-corrected chi connectivity index (χ2v) is 5.87. The first-order valence-corrected chi connectivity index (χ1v) is 7.90. The summed E-state index contributed by atoms with van der Waals surface area (Å²) in [6.45, 7) is 11.7. The fraction of sp³-hybridized carbons (Fsp3) is 0.706. The van der Waals surface area contributed by atoms with E-state index in [4.69, 9.17) is 4.74 Å². The Labute approximate surface area is 124 Å². The fourth-order valence-corrected chi connectivity index (χ4v) is 2.19. The zero-order valence-corrected chi connectivity index (χ0v) is 13.6. The first-order valence-electron chi connectivity index (χ1n) is 7.90. The van der Waals surface area contributed by atoms with Gasteiger partial charge in [0.15, 0.2) is 0 Å². The summed E-state index contributed by atoms with van der Waals surface area (Å²) >= 11 is 0. The molecule has 0 bridgehead atoms. The van der Waals surface area contributed by atoms with Crippen LogP contribution in [0.1, 0.15) is 59.4 Å². The van der Waals surface area contributed by atoms with Crippen LogP contribution in [0.15, 0.2) is 18.3 Å². The molecule has 3 nitrogen and oxygen atoms in total. The molecule has 0 radical (unpaired) electrons. The lowest BCUT2D eigenvalue weighted by Crippen LogP contribution is -2.30. The Balaban J connectivity index is 2.59. The second-order valence-electron chi connectivity index (χ2n) is 5.87. The van der Waals surface area contributed by atoms with E-state index in [0.717, 1.165) is 30.3 Å². The van der Waals surface area contributed by atoms with Crippen molar-refractivity contribution in [2.75, 3.05) is 0 Å². The molecular formula is C17H30N2O. The van der Waals surface area contributed by atoms with E-state index in [0.29, 0.717) is 6.04 Å². The number of hydrogen-bond donors (Lipinski definition) is 1. The summed E-state index contributed by atoms with van der Waals surface area (Å²) in [4.78, 5) is 4.34. The van der Waals surface area contributed by atoms with E-state index in [1.165, 1.54) is 12.8 Å². The lowest BCUT2D eigenvalue weighted by molar-refractivity contribution is 0.229. The average Bonchev–Trinajstić information content (AvgIpc) is 2.43. The van der Waals surface area contributed by atoms with Crippen molar-refractivity contribution in [2.24, 2.45) is 5.92 Å². The Kier molecular flexibility index (Phi) is 7.60. The molecule has 3 heteroatoms. The molecule has 114 valence electrons. The number of nitrogens with zero attached hydrogens (tertiary/aromatic N) is 1. The molecule has 1 N–H and O–H groups in total. The molecule has 0 fully saturated rings. The van der Waals surface area contributed by atoms with Crippen LogP contribution < -0.4 is 10.1 Å². The summed E-state index contributed by atoms with van der Waals surface area (Å²) in [5.74, 6) is 1.53. The van der Waals surface area contributed by atoms with Crippen molar-refractivity contribution >= 4 is 0 Å². The van der Waals surface area contributed by atoms with E-state index < -0.39 is 0 Å². The van der Waals surface area contributed by atoms with Crippen LogP contribution in [0.25, 0.3) is 0 Å². The minimum atomic E-state index is 0.158. The topological polar surface area (TPSA) is 34.2 Å². The molecule has 0 aliphatic carbocycles. The molecule has 0 aliphatic heterocycles. The molecule has 0 amide bonds. The van der Waals surface area contributed by atoms with Crippen LogP contribution in [0.5, 0.6) is 5.88 Å². The van der Waals surface area contributed by atoms with Gasteiger partial charge in [0.05, 0.1) is 6.10 Å². The van der Waals surface area contributed by atoms with E-state index >= 15 is 0 Å². The number of ether oxygens (including phenoxy) is 1.